The minimum Gasteiger partial charge on any atom is -0.494 e. The average Bonchev–Trinajstić information content (AvgIpc) is 0.809. The predicted octanol–water partition coefficient (Wildman–Crippen LogP) is 1.70. The molecule has 576 valence electrons. The largest absolute Gasteiger partial charge is 0.494 e. The first-order valence-electron chi connectivity index (χ1n) is 34.2. The van der Waals surface area contributed by atoms with E-state index >= 15 is 0 Å². The lowest BCUT2D eigenvalue weighted by atomic mass is 9.72. The van der Waals surface area contributed by atoms with Crippen molar-refractivity contribution in [3.8, 4) is 17.1 Å². The Morgan fingerprint density at radius 3 is 1.62 bits per heavy atom. The number of thioether (sulfide) groups is 1. The summed E-state index contributed by atoms with van der Waals surface area (Å²) in [6.45, 7) is 3.03. The summed E-state index contributed by atoms with van der Waals surface area (Å²) >= 11 is 0.845. The molecule has 6 atom stereocenters. The van der Waals surface area contributed by atoms with Gasteiger partial charge in [-0.3, -0.25) is 81.9 Å². The van der Waals surface area contributed by atoms with Crippen molar-refractivity contribution < 1.29 is 108 Å². The van der Waals surface area contributed by atoms with Crippen LogP contribution >= 0.6 is 11.8 Å². The molecule has 10 N–H and O–H groups in total. The summed E-state index contributed by atoms with van der Waals surface area (Å²) in [4.78, 5) is 191. The van der Waals surface area contributed by atoms with Crippen LogP contribution in [0, 0.1) is 36.0 Å². The quantitative estimate of drug-likeness (QED) is 0.0195. The molecule has 0 radical (unpaired) electrons. The Hall–Kier alpha value is -9.36. The van der Waals surface area contributed by atoms with E-state index in [0.717, 1.165) is 11.8 Å². The van der Waals surface area contributed by atoms with Crippen LogP contribution in [-0.4, -0.2) is 299 Å². The molecule has 3 rings (SSSR count). The smallest absolute Gasteiger partial charge is 0.326 e. The predicted molar refractivity (Wildman–Crippen MR) is 371 cm³/mol. The van der Waals surface area contributed by atoms with Gasteiger partial charge >= 0.3 is 41.8 Å². The van der Waals surface area contributed by atoms with E-state index in [-0.39, 0.29) is 167 Å². The van der Waals surface area contributed by atoms with E-state index in [2.05, 4.69) is 46.4 Å². The third-order valence-electron chi connectivity index (χ3n) is 17.3. The van der Waals surface area contributed by atoms with E-state index in [0.29, 0.717) is 29.4 Å². The molecule has 6 unspecified atom stereocenters. The molecule has 1 aliphatic heterocycles. The van der Waals surface area contributed by atoms with Gasteiger partial charge in [0.05, 0.1) is 61.7 Å². The number of carbonyl (C=O) groups excluding carboxylic acids is 7. The fraction of sp³-hybridized carbons (Fsp3) is 0.667. The number of hydrogen-bond donors (Lipinski definition) is 10. The number of carbonyl (C=O) groups is 14. The van der Waals surface area contributed by atoms with Crippen LogP contribution in [0.25, 0.3) is 21.8 Å². The molecule has 2 aromatic rings. The Bertz CT molecular complexity index is 3240. The number of aryl methyl sites for hydroxylation is 1. The molecule has 2 heterocycles. The van der Waals surface area contributed by atoms with Gasteiger partial charge in [-0.15, -0.1) is 32.2 Å². The molecule has 37 nitrogen and oxygen atoms in total. The van der Waals surface area contributed by atoms with E-state index in [4.69, 9.17) is 10.3 Å². The highest BCUT2D eigenvalue weighted by atomic mass is 32.2. The zero-order valence-electron chi connectivity index (χ0n) is 59.4. The number of nitrogens with zero attached hydrogens (tertiary/aromatic N) is 12. The fourth-order valence-electron chi connectivity index (χ4n) is 11.3. The van der Waals surface area contributed by atoms with Crippen LogP contribution in [0.3, 0.4) is 0 Å². The summed E-state index contributed by atoms with van der Waals surface area (Å²) in [5.41, 5.74) is 7.31. The minimum absolute atomic E-state index is 0.00303. The molecule has 1 fully saturated rings. The van der Waals surface area contributed by atoms with Crippen molar-refractivity contribution in [2.75, 3.05) is 125 Å². The van der Waals surface area contributed by atoms with Gasteiger partial charge in [-0.1, -0.05) is 11.5 Å². The molecule has 0 bridgehead atoms. The van der Waals surface area contributed by atoms with Crippen LogP contribution in [0.5, 0.6) is 5.75 Å². The van der Waals surface area contributed by atoms with E-state index in [1.54, 1.807) is 50.8 Å². The van der Waals surface area contributed by atoms with E-state index < -0.39 is 156 Å². The summed E-state index contributed by atoms with van der Waals surface area (Å²) in [5, 5.41) is 94.7. The lowest BCUT2D eigenvalue weighted by Crippen LogP contribution is -2.49. The Labute approximate surface area is 605 Å². The molecule has 0 saturated carbocycles. The zero-order chi connectivity index (χ0) is 77.5. The highest BCUT2D eigenvalue weighted by Crippen LogP contribution is 2.36. The molecule has 0 spiro atoms. The lowest BCUT2D eigenvalue weighted by molar-refractivity contribution is -0.155. The first kappa shape index (κ1) is 88.9. The number of aromatic nitrogens is 4. The number of Topliss-reactive ketones (excluding diaryl/α,β-unsaturated/α-hetero) is 3. The summed E-state index contributed by atoms with van der Waals surface area (Å²) in [7, 11) is 2.84. The summed E-state index contributed by atoms with van der Waals surface area (Å²) in [6, 6.07) is 5.48. The standard InChI is InChI=1S/C66H99N15O22S/c1-42-72-74-59(75-73-42)43-17-19-49(20-18-43)103-31-11-14-47(82)13-10-16-52(84)53(35-55(86)87)104-41-46(62(96)77(4)5)32-45(60(94)68-21-9-7-15-51(64(99)100)71-54(85)36-70-76-67)34-50(66(2,3)65(101)102)61(95)69-22-8-6-12-44(63(97)98)33-48(83)37-78-23-25-79(38-56(88)89)27-29-81(40-58(92)93)30-28-80(26-24-78)39-57(90)91/h17-20,44-46,50-51,53H,6-16,21-41H2,1-5H3,(H,68,94)(H,69,95)(H,71,85)(H,86,87)(H,88,89)(H,90,91)(H,92,93)(H,97,98)(H,99,100)(H,101,102). The van der Waals surface area contributed by atoms with Gasteiger partial charge in [0.2, 0.25) is 29.5 Å². The number of ketones is 3. The van der Waals surface area contributed by atoms with Gasteiger partial charge in [0.25, 0.3) is 0 Å². The number of carboxylic acids is 7. The number of nitrogens with one attached hydrogen (secondary N) is 3. The highest BCUT2D eigenvalue weighted by Gasteiger charge is 2.45. The maximum Gasteiger partial charge on any atom is 0.326 e. The number of ether oxygens (including phenoxy) is 1. The molecule has 38 heteroatoms. The Kier molecular flexibility index (Phi) is 40.2. The molecule has 1 aromatic heterocycles. The molecule has 104 heavy (non-hydrogen) atoms. The molecule has 1 aromatic carbocycles. The number of benzene rings is 1. The number of unbranched alkanes of at least 4 members (excludes halogenated alkanes) is 2. The van der Waals surface area contributed by atoms with E-state index in [1.807, 2.05) is 0 Å². The highest BCUT2D eigenvalue weighted by molar-refractivity contribution is 8.00. The topological polar surface area (TPSA) is 542 Å². The summed E-state index contributed by atoms with van der Waals surface area (Å²) < 4.78 is 5.78. The van der Waals surface area contributed by atoms with E-state index in [9.17, 15) is 103 Å². The van der Waals surface area contributed by atoms with Crippen molar-refractivity contribution in [1.82, 2.24) is 60.8 Å². The normalized spacial score (nSPS) is 15.3. The van der Waals surface area contributed by atoms with Crippen molar-refractivity contribution >= 4 is 94.5 Å². The van der Waals surface area contributed by atoms with Crippen LogP contribution in [0.2, 0.25) is 0 Å². The van der Waals surface area contributed by atoms with Gasteiger partial charge in [-0.2, -0.15) is 0 Å². The van der Waals surface area contributed by atoms with Gasteiger partial charge in [-0.05, 0) is 108 Å². The molecule has 1 aliphatic rings. The van der Waals surface area contributed by atoms with Crippen molar-refractivity contribution in [3.63, 3.8) is 0 Å². The molecule has 0 aliphatic carbocycles. The Morgan fingerprint density at radius 2 is 1.12 bits per heavy atom. The Morgan fingerprint density at radius 1 is 0.606 bits per heavy atom. The molecule has 1 saturated heterocycles. The number of azide groups is 1. The van der Waals surface area contributed by atoms with Crippen LogP contribution in [0.1, 0.15) is 116 Å². The number of rotatable bonds is 50. The summed E-state index contributed by atoms with van der Waals surface area (Å²) in [6.07, 6.45) is -1.35. The number of carboxylic acid groups (broad SMARTS) is 7. The second-order valence-electron chi connectivity index (χ2n) is 26.2. The van der Waals surface area contributed by atoms with Crippen molar-refractivity contribution in [2.24, 2.45) is 34.2 Å². The second-order valence-corrected chi connectivity index (χ2v) is 27.4. The second kappa shape index (κ2) is 47.1. The number of amides is 4. The summed E-state index contributed by atoms with van der Waals surface area (Å²) in [5.74, 6) is -17.3. The Balaban J connectivity index is 1.79. The maximum atomic E-state index is 14.6. The zero-order valence-corrected chi connectivity index (χ0v) is 60.2. The first-order chi connectivity index (χ1) is 49.2. The monoisotopic (exact) mass is 1490 g/mol. The van der Waals surface area contributed by atoms with Crippen LogP contribution < -0.4 is 20.7 Å². The molecular weight excluding hydrogens is 1390 g/mol. The van der Waals surface area contributed by atoms with Crippen LogP contribution in [-0.2, 0) is 67.1 Å². The van der Waals surface area contributed by atoms with Crippen LogP contribution in [0.15, 0.2) is 29.4 Å². The van der Waals surface area contributed by atoms with Gasteiger partial charge in [-0.25, -0.2) is 4.79 Å². The fourth-order valence-corrected chi connectivity index (χ4v) is 12.6. The van der Waals surface area contributed by atoms with Crippen molar-refractivity contribution in [3.05, 3.63) is 40.5 Å². The van der Waals surface area contributed by atoms with Gasteiger partial charge in [0.1, 0.15) is 35.7 Å². The number of hydrogen-bond acceptors (Lipinski definition) is 25. The number of aliphatic carboxylic acids is 7. The third kappa shape index (κ3) is 35.2. The molecular formula is C66H99N15O22S. The van der Waals surface area contributed by atoms with Gasteiger partial charge < -0.3 is 61.3 Å². The average molecular weight is 1490 g/mol. The SMILES string of the molecule is Cc1nnc(-c2ccc(OCCCC(=O)CCCC(=O)C(CC(=O)O)SCC(CC(CC(C(=O)NCCCCC(CC(=O)CN3CCN(CC(=O)O)CCN(CC(=O)O)CCN(CC(=O)O)CC3)C(=O)O)C(C)(C)C(=O)O)C(=O)NCCCCC(NC(=O)CN=[N+]=[N-])C(=O)O)C(=O)N(C)C)cc2)nn1. The van der Waals surface area contributed by atoms with Crippen molar-refractivity contribution in [1.29, 1.82) is 0 Å². The van der Waals surface area contributed by atoms with Gasteiger partial charge in [0, 0.05) is 133 Å². The first-order valence-corrected chi connectivity index (χ1v) is 35.2. The third-order valence-corrected chi connectivity index (χ3v) is 18.7. The van der Waals surface area contributed by atoms with E-state index in [1.165, 1.54) is 32.8 Å². The van der Waals surface area contributed by atoms with Crippen molar-refractivity contribution in [2.45, 2.75) is 128 Å². The maximum absolute atomic E-state index is 14.6. The minimum atomic E-state index is -1.92. The lowest BCUT2D eigenvalue weighted by Gasteiger charge is -2.33. The molecule has 4 amide bonds. The van der Waals surface area contributed by atoms with Gasteiger partial charge in [0.15, 0.2) is 5.82 Å². The van der Waals surface area contributed by atoms with Crippen LogP contribution in [0.4, 0.5) is 0 Å².